The monoisotopic (exact) mass is 513 g/mol. The molecule has 5 rings (SSSR count). The summed E-state index contributed by atoms with van der Waals surface area (Å²) in [6.45, 7) is 6.22. The lowest BCUT2D eigenvalue weighted by Gasteiger charge is -2.26. The Morgan fingerprint density at radius 2 is 2.00 bits per heavy atom. The largest absolute Gasteiger partial charge is 0.480 e. The normalized spacial score (nSPS) is 15.9. The molecule has 0 bridgehead atoms. The molecular formula is C29H31N5O4. The van der Waals surface area contributed by atoms with E-state index in [4.69, 9.17) is 9.47 Å². The zero-order chi connectivity index (χ0) is 26.6. The number of nitrogens with zero attached hydrogens (tertiary/aromatic N) is 4. The number of aliphatic hydroxyl groups is 1. The fourth-order valence-electron chi connectivity index (χ4n) is 4.68. The lowest BCUT2D eigenvalue weighted by molar-refractivity contribution is -0.139. The number of hydrogen-bond acceptors (Lipinski definition) is 8. The number of amides is 1. The van der Waals surface area contributed by atoms with Crippen molar-refractivity contribution in [2.75, 3.05) is 18.5 Å². The third-order valence-corrected chi connectivity index (χ3v) is 6.70. The fourth-order valence-corrected chi connectivity index (χ4v) is 4.68. The van der Waals surface area contributed by atoms with Gasteiger partial charge in [0.25, 0.3) is 5.91 Å². The van der Waals surface area contributed by atoms with Crippen LogP contribution >= 0.6 is 0 Å². The lowest BCUT2D eigenvalue weighted by atomic mass is 10.1. The number of aryl methyl sites for hydroxylation is 2. The van der Waals surface area contributed by atoms with E-state index in [0.717, 1.165) is 35.5 Å². The van der Waals surface area contributed by atoms with Gasteiger partial charge in [0.05, 0.1) is 29.7 Å². The van der Waals surface area contributed by atoms with Crippen molar-refractivity contribution in [2.45, 2.75) is 45.8 Å². The number of aromatic nitrogens is 3. The van der Waals surface area contributed by atoms with Crippen LogP contribution < -0.4 is 14.8 Å². The highest BCUT2D eigenvalue weighted by Crippen LogP contribution is 2.34. The third kappa shape index (κ3) is 5.38. The number of anilines is 2. The zero-order valence-electron chi connectivity index (χ0n) is 21.7. The van der Waals surface area contributed by atoms with E-state index in [1.807, 2.05) is 62.4 Å². The van der Waals surface area contributed by atoms with Gasteiger partial charge in [0, 0.05) is 17.9 Å². The second-order valence-corrected chi connectivity index (χ2v) is 9.49. The van der Waals surface area contributed by atoms with Crippen molar-refractivity contribution in [3.63, 3.8) is 0 Å². The number of aliphatic hydroxyl groups excluding tert-OH is 1. The Balaban J connectivity index is 1.38. The molecule has 1 aliphatic heterocycles. The number of rotatable bonds is 8. The zero-order valence-corrected chi connectivity index (χ0v) is 21.7. The average molecular weight is 514 g/mol. The molecule has 9 nitrogen and oxygen atoms in total. The van der Waals surface area contributed by atoms with Gasteiger partial charge in [-0.1, -0.05) is 6.07 Å². The van der Waals surface area contributed by atoms with Gasteiger partial charge >= 0.3 is 0 Å². The molecule has 0 radical (unpaired) electrons. The third-order valence-electron chi connectivity index (χ3n) is 6.70. The second-order valence-electron chi connectivity index (χ2n) is 9.49. The van der Waals surface area contributed by atoms with Crippen molar-refractivity contribution < 1.29 is 19.4 Å². The predicted octanol–water partition coefficient (Wildman–Crippen LogP) is 4.93. The van der Waals surface area contributed by atoms with Crippen molar-refractivity contribution in [3.05, 3.63) is 72.3 Å². The molecule has 196 valence electrons. The van der Waals surface area contributed by atoms with E-state index in [1.165, 1.54) is 6.33 Å². The van der Waals surface area contributed by atoms with Crippen molar-refractivity contribution in [1.29, 1.82) is 0 Å². The summed E-state index contributed by atoms with van der Waals surface area (Å²) in [4.78, 5) is 27.9. The number of benzene rings is 2. The summed E-state index contributed by atoms with van der Waals surface area (Å²) in [5.41, 5.74) is 3.38. The maximum Gasteiger partial charge on any atom is 0.263 e. The first-order valence-electron chi connectivity index (χ1n) is 12.7. The summed E-state index contributed by atoms with van der Waals surface area (Å²) in [7, 11) is 0. The van der Waals surface area contributed by atoms with E-state index >= 15 is 0 Å². The molecule has 9 heteroatoms. The van der Waals surface area contributed by atoms with E-state index in [9.17, 15) is 9.90 Å². The molecule has 0 saturated carbocycles. The number of carbonyl (C=O) groups is 1. The van der Waals surface area contributed by atoms with E-state index in [0.29, 0.717) is 34.8 Å². The first-order valence-corrected chi connectivity index (χ1v) is 12.7. The van der Waals surface area contributed by atoms with Gasteiger partial charge in [-0.05, 0) is 81.6 Å². The Morgan fingerprint density at radius 3 is 2.76 bits per heavy atom. The standard InChI is InChI=1S/C29H31N5O4/c1-18-14-21(10-12-25(18)38-23-11-9-19(2)30-15-23)33-28-27-24(31-17-32-28)7-4-8-26(27)37-20(3)29(36)34-13-5-6-22(34)16-35/h4,7-12,14-15,17,20,22,35H,5-6,13,16H2,1-3H3,(H,31,32,33)/t20-,22-/m1/s1. The van der Waals surface area contributed by atoms with Gasteiger partial charge in [0.15, 0.2) is 6.10 Å². The Morgan fingerprint density at radius 1 is 1.13 bits per heavy atom. The maximum absolute atomic E-state index is 13.1. The van der Waals surface area contributed by atoms with Crippen molar-refractivity contribution in [2.24, 2.45) is 0 Å². The topological polar surface area (TPSA) is 110 Å². The smallest absolute Gasteiger partial charge is 0.263 e. The van der Waals surface area contributed by atoms with E-state index < -0.39 is 6.10 Å². The molecule has 2 N–H and O–H groups in total. The van der Waals surface area contributed by atoms with Gasteiger partial charge in [-0.3, -0.25) is 9.78 Å². The molecule has 2 atom stereocenters. The Bertz CT molecular complexity index is 1440. The van der Waals surface area contributed by atoms with Crippen molar-refractivity contribution in [3.8, 4) is 17.2 Å². The van der Waals surface area contributed by atoms with Crippen LogP contribution in [-0.4, -0.2) is 56.2 Å². The summed E-state index contributed by atoms with van der Waals surface area (Å²) in [5, 5.41) is 13.7. The molecule has 4 aromatic rings. The van der Waals surface area contributed by atoms with Gasteiger partial charge in [-0.15, -0.1) is 0 Å². The number of hydrogen-bond donors (Lipinski definition) is 2. The Labute approximate surface area is 221 Å². The van der Waals surface area contributed by atoms with Crippen LogP contribution in [0.15, 0.2) is 61.1 Å². The summed E-state index contributed by atoms with van der Waals surface area (Å²) in [6.07, 6.45) is 4.15. The van der Waals surface area contributed by atoms with Crippen LogP contribution in [0, 0.1) is 13.8 Å². The Kier molecular flexibility index (Phi) is 7.37. The van der Waals surface area contributed by atoms with Gasteiger partial charge in [0.2, 0.25) is 0 Å². The first kappa shape index (κ1) is 25.4. The van der Waals surface area contributed by atoms with Crippen LogP contribution in [0.4, 0.5) is 11.5 Å². The number of ether oxygens (including phenoxy) is 2. The molecule has 0 unspecified atom stereocenters. The average Bonchev–Trinajstić information content (AvgIpc) is 3.40. The highest BCUT2D eigenvalue weighted by Gasteiger charge is 2.32. The summed E-state index contributed by atoms with van der Waals surface area (Å²) >= 11 is 0. The molecule has 0 aliphatic carbocycles. The van der Waals surface area contributed by atoms with Gasteiger partial charge in [-0.25, -0.2) is 9.97 Å². The highest BCUT2D eigenvalue weighted by molar-refractivity contribution is 5.96. The number of carbonyl (C=O) groups excluding carboxylic acids is 1. The number of fused-ring (bicyclic) bond motifs is 1. The van der Waals surface area contributed by atoms with Gasteiger partial charge in [0.1, 0.15) is 29.4 Å². The van der Waals surface area contributed by atoms with Crippen LogP contribution in [0.1, 0.15) is 31.0 Å². The molecule has 0 spiro atoms. The summed E-state index contributed by atoms with van der Waals surface area (Å²) < 4.78 is 12.2. The van der Waals surface area contributed by atoms with Gasteiger partial charge < -0.3 is 24.8 Å². The summed E-state index contributed by atoms with van der Waals surface area (Å²) in [6, 6.07) is 15.0. The molecule has 1 fully saturated rings. The molecular weight excluding hydrogens is 482 g/mol. The van der Waals surface area contributed by atoms with Crippen LogP contribution in [0.3, 0.4) is 0 Å². The number of pyridine rings is 1. The first-order chi connectivity index (χ1) is 18.4. The molecule has 1 aliphatic rings. The van der Waals surface area contributed by atoms with Gasteiger partial charge in [-0.2, -0.15) is 0 Å². The molecule has 1 saturated heterocycles. The molecule has 3 heterocycles. The molecule has 38 heavy (non-hydrogen) atoms. The van der Waals surface area contributed by atoms with E-state index in [2.05, 4.69) is 20.3 Å². The van der Waals surface area contributed by atoms with Crippen LogP contribution in [-0.2, 0) is 4.79 Å². The SMILES string of the molecule is Cc1ccc(Oc2ccc(Nc3ncnc4cccc(O[C@H](C)C(=O)N5CCC[C@@H]5CO)c34)cc2C)cn1. The van der Waals surface area contributed by atoms with E-state index in [1.54, 1.807) is 18.0 Å². The Hall–Kier alpha value is -4.24. The minimum atomic E-state index is -0.726. The lowest BCUT2D eigenvalue weighted by Crippen LogP contribution is -2.44. The second kappa shape index (κ2) is 11.0. The van der Waals surface area contributed by atoms with Crippen molar-refractivity contribution >= 4 is 28.3 Å². The minimum Gasteiger partial charge on any atom is -0.480 e. The van der Waals surface area contributed by atoms with E-state index in [-0.39, 0.29) is 18.6 Å². The molecule has 2 aromatic carbocycles. The molecule has 2 aromatic heterocycles. The fraction of sp³-hybridized carbons (Fsp3) is 0.310. The molecule has 1 amide bonds. The van der Waals surface area contributed by atoms with Crippen LogP contribution in [0.5, 0.6) is 17.2 Å². The number of nitrogens with one attached hydrogen (secondary N) is 1. The van der Waals surface area contributed by atoms with Crippen molar-refractivity contribution in [1.82, 2.24) is 19.9 Å². The van der Waals surface area contributed by atoms with Crippen LogP contribution in [0.2, 0.25) is 0 Å². The predicted molar refractivity (Wildman–Crippen MR) is 145 cm³/mol. The highest BCUT2D eigenvalue weighted by atomic mass is 16.5. The number of likely N-dealkylation sites (tertiary alicyclic amines) is 1. The van der Waals surface area contributed by atoms with Crippen LogP contribution in [0.25, 0.3) is 10.9 Å². The maximum atomic E-state index is 13.1. The minimum absolute atomic E-state index is 0.0419. The quantitative estimate of drug-likeness (QED) is 0.341. The summed E-state index contributed by atoms with van der Waals surface area (Å²) in [5.74, 6) is 2.34.